The first-order valence-corrected chi connectivity index (χ1v) is 7.98. The number of rotatable bonds is 4. The minimum absolute atomic E-state index is 0.198. The normalized spacial score (nSPS) is 12.6. The van der Waals surface area contributed by atoms with Gasteiger partial charge >= 0.3 is 0 Å². The molecule has 0 amide bonds. The van der Waals surface area contributed by atoms with E-state index in [9.17, 15) is 8.42 Å². The van der Waals surface area contributed by atoms with E-state index in [1.165, 1.54) is 12.1 Å². The molecule has 0 aliphatic carbocycles. The van der Waals surface area contributed by atoms with Crippen molar-refractivity contribution in [3.05, 3.63) is 59.7 Å². The van der Waals surface area contributed by atoms with Crippen molar-refractivity contribution in [3.63, 3.8) is 0 Å². The van der Waals surface area contributed by atoms with Gasteiger partial charge in [-0.15, -0.1) is 0 Å². The molecule has 0 spiro atoms. The Kier molecular flexibility index (Phi) is 4.41. The molecule has 2 N–H and O–H groups in total. The molecule has 0 saturated heterocycles. The number of hydrogen-bond donors (Lipinski definition) is 1. The van der Waals surface area contributed by atoms with Crippen LogP contribution in [0.5, 0.6) is 0 Å². The Morgan fingerprint density at radius 1 is 1.14 bits per heavy atom. The Morgan fingerprint density at radius 3 is 2.33 bits per heavy atom. The van der Waals surface area contributed by atoms with E-state index < -0.39 is 15.9 Å². The van der Waals surface area contributed by atoms with Crippen LogP contribution in [0.1, 0.15) is 23.6 Å². The molecular weight excluding hydrogens is 284 g/mol. The van der Waals surface area contributed by atoms with E-state index >= 15 is 0 Å². The molecule has 1 atom stereocenters. The molecule has 0 aliphatic heterocycles. The highest BCUT2D eigenvalue weighted by Crippen LogP contribution is 2.25. The van der Waals surface area contributed by atoms with E-state index in [0.717, 1.165) is 5.56 Å². The molecule has 0 aliphatic rings. The van der Waals surface area contributed by atoms with Crippen molar-refractivity contribution in [1.82, 2.24) is 0 Å². The SMILES string of the molecule is Cc1ccccc1S(=O)(=O)c1ccc([C@H](N)CC#N)cc1. The van der Waals surface area contributed by atoms with Crippen molar-refractivity contribution in [1.29, 1.82) is 5.26 Å². The summed E-state index contributed by atoms with van der Waals surface area (Å²) in [5.41, 5.74) is 7.29. The third kappa shape index (κ3) is 3.13. The van der Waals surface area contributed by atoms with Crippen LogP contribution >= 0.6 is 0 Å². The standard InChI is InChI=1S/C16H16N2O2S/c1-12-4-2-3-5-16(12)21(19,20)14-8-6-13(7-9-14)15(18)10-11-17/h2-9,15H,10,18H2,1H3/t15-/m1/s1. The molecule has 2 aromatic carbocycles. The van der Waals surface area contributed by atoms with E-state index in [4.69, 9.17) is 11.0 Å². The van der Waals surface area contributed by atoms with Gasteiger partial charge in [-0.2, -0.15) is 5.26 Å². The van der Waals surface area contributed by atoms with Crippen molar-refractivity contribution < 1.29 is 8.42 Å². The lowest BCUT2D eigenvalue weighted by Gasteiger charge is -2.10. The summed E-state index contributed by atoms with van der Waals surface area (Å²) in [5.74, 6) is 0. The highest BCUT2D eigenvalue weighted by molar-refractivity contribution is 7.91. The van der Waals surface area contributed by atoms with Crippen LogP contribution in [0.2, 0.25) is 0 Å². The lowest BCUT2D eigenvalue weighted by molar-refractivity contribution is 0.595. The zero-order chi connectivity index (χ0) is 15.5. The summed E-state index contributed by atoms with van der Waals surface area (Å²) in [7, 11) is -3.53. The summed E-state index contributed by atoms with van der Waals surface area (Å²) >= 11 is 0. The predicted molar refractivity (Wildman–Crippen MR) is 80.2 cm³/mol. The van der Waals surface area contributed by atoms with Crippen LogP contribution < -0.4 is 5.73 Å². The Morgan fingerprint density at radius 2 is 1.76 bits per heavy atom. The summed E-state index contributed by atoms with van der Waals surface area (Å²) in [5, 5.41) is 8.64. The largest absolute Gasteiger partial charge is 0.323 e. The third-order valence-electron chi connectivity index (χ3n) is 3.31. The quantitative estimate of drug-likeness (QED) is 0.941. The number of benzene rings is 2. The monoisotopic (exact) mass is 300 g/mol. The molecule has 0 heterocycles. The predicted octanol–water partition coefficient (Wildman–Crippen LogP) is 2.74. The lowest BCUT2D eigenvalue weighted by Crippen LogP contribution is -2.10. The third-order valence-corrected chi connectivity index (χ3v) is 5.24. The van der Waals surface area contributed by atoms with Gasteiger partial charge in [-0.1, -0.05) is 30.3 Å². The van der Waals surface area contributed by atoms with Gasteiger partial charge in [-0.05, 0) is 36.2 Å². The summed E-state index contributed by atoms with van der Waals surface area (Å²) in [6.45, 7) is 1.77. The molecule has 0 saturated carbocycles. The number of nitriles is 1. The second kappa shape index (κ2) is 6.08. The smallest absolute Gasteiger partial charge is 0.206 e. The van der Waals surface area contributed by atoms with Gasteiger partial charge in [0, 0.05) is 6.04 Å². The summed E-state index contributed by atoms with van der Waals surface area (Å²) in [6, 6.07) is 14.9. The minimum Gasteiger partial charge on any atom is -0.323 e. The molecule has 2 rings (SSSR count). The zero-order valence-electron chi connectivity index (χ0n) is 11.7. The first-order chi connectivity index (χ1) is 9.96. The van der Waals surface area contributed by atoms with E-state index in [1.54, 1.807) is 43.3 Å². The fourth-order valence-electron chi connectivity index (χ4n) is 2.10. The van der Waals surface area contributed by atoms with Gasteiger partial charge < -0.3 is 5.73 Å². The summed E-state index contributed by atoms with van der Waals surface area (Å²) in [6.07, 6.45) is 0.198. The number of nitrogens with zero attached hydrogens (tertiary/aromatic N) is 1. The van der Waals surface area contributed by atoms with Gasteiger partial charge in [0.25, 0.3) is 0 Å². The fraction of sp³-hybridized carbons (Fsp3) is 0.188. The van der Waals surface area contributed by atoms with E-state index in [2.05, 4.69) is 0 Å². The van der Waals surface area contributed by atoms with Gasteiger partial charge in [-0.3, -0.25) is 0 Å². The molecule has 21 heavy (non-hydrogen) atoms. The van der Waals surface area contributed by atoms with Crippen molar-refractivity contribution in [2.24, 2.45) is 5.73 Å². The van der Waals surface area contributed by atoms with Crippen LogP contribution in [0.3, 0.4) is 0 Å². The molecule has 108 valence electrons. The average molecular weight is 300 g/mol. The first kappa shape index (κ1) is 15.2. The van der Waals surface area contributed by atoms with Crippen LogP contribution in [0.4, 0.5) is 0 Å². The summed E-state index contributed by atoms with van der Waals surface area (Å²) < 4.78 is 25.2. The maximum Gasteiger partial charge on any atom is 0.206 e. The number of aryl methyl sites for hydroxylation is 1. The Balaban J connectivity index is 2.39. The maximum absolute atomic E-state index is 12.6. The van der Waals surface area contributed by atoms with Crippen LogP contribution in [0.25, 0.3) is 0 Å². The van der Waals surface area contributed by atoms with Gasteiger partial charge in [0.15, 0.2) is 0 Å². The number of hydrogen-bond acceptors (Lipinski definition) is 4. The van der Waals surface area contributed by atoms with E-state index in [0.29, 0.717) is 10.5 Å². The second-order valence-electron chi connectivity index (χ2n) is 4.81. The topological polar surface area (TPSA) is 83.9 Å². The highest BCUT2D eigenvalue weighted by Gasteiger charge is 2.19. The van der Waals surface area contributed by atoms with Crippen LogP contribution in [0.15, 0.2) is 58.3 Å². The maximum atomic E-state index is 12.6. The van der Waals surface area contributed by atoms with E-state index in [-0.39, 0.29) is 11.3 Å². The molecule has 0 bridgehead atoms. The average Bonchev–Trinajstić information content (AvgIpc) is 2.48. The van der Waals surface area contributed by atoms with Crippen molar-refractivity contribution in [2.45, 2.75) is 29.2 Å². The Bertz CT molecular complexity index is 775. The van der Waals surface area contributed by atoms with Gasteiger partial charge in [-0.25, -0.2) is 8.42 Å². The first-order valence-electron chi connectivity index (χ1n) is 6.50. The number of sulfone groups is 1. The van der Waals surface area contributed by atoms with Crippen molar-refractivity contribution in [3.8, 4) is 6.07 Å². The van der Waals surface area contributed by atoms with Crippen LogP contribution in [-0.2, 0) is 9.84 Å². The Labute approximate surface area is 124 Å². The lowest BCUT2D eigenvalue weighted by atomic mass is 10.1. The molecule has 2 aromatic rings. The number of nitrogens with two attached hydrogens (primary N) is 1. The minimum atomic E-state index is -3.53. The summed E-state index contributed by atoms with van der Waals surface area (Å²) in [4.78, 5) is 0.531. The molecule has 4 nitrogen and oxygen atoms in total. The molecular formula is C16H16N2O2S. The zero-order valence-corrected chi connectivity index (χ0v) is 12.5. The van der Waals surface area contributed by atoms with Gasteiger partial charge in [0.2, 0.25) is 9.84 Å². The van der Waals surface area contributed by atoms with Crippen molar-refractivity contribution >= 4 is 9.84 Å². The van der Waals surface area contributed by atoms with Crippen LogP contribution in [0, 0.1) is 18.3 Å². The fourth-order valence-corrected chi connectivity index (χ4v) is 3.59. The van der Waals surface area contributed by atoms with Gasteiger partial charge in [0.1, 0.15) is 0 Å². The van der Waals surface area contributed by atoms with E-state index in [1.807, 2.05) is 6.07 Å². The van der Waals surface area contributed by atoms with Crippen molar-refractivity contribution in [2.75, 3.05) is 0 Å². The molecule has 5 heteroatoms. The molecule has 0 fully saturated rings. The Hall–Kier alpha value is -2.16. The van der Waals surface area contributed by atoms with Gasteiger partial charge in [0.05, 0.1) is 22.3 Å². The molecule has 0 aromatic heterocycles. The molecule has 0 radical (unpaired) electrons. The highest BCUT2D eigenvalue weighted by atomic mass is 32.2. The second-order valence-corrected chi connectivity index (χ2v) is 6.72. The van der Waals surface area contributed by atoms with Crippen LogP contribution in [-0.4, -0.2) is 8.42 Å². The molecule has 0 unspecified atom stereocenters.